The molecule has 0 aliphatic carbocycles. The van der Waals surface area contributed by atoms with E-state index in [4.69, 9.17) is 0 Å². The predicted octanol–water partition coefficient (Wildman–Crippen LogP) is 1.78. The van der Waals surface area contributed by atoms with Crippen molar-refractivity contribution in [3.8, 4) is 0 Å². The summed E-state index contributed by atoms with van der Waals surface area (Å²) in [6, 6.07) is 0. The zero-order valence-corrected chi connectivity index (χ0v) is 9.05. The highest BCUT2D eigenvalue weighted by molar-refractivity contribution is 5.86. The van der Waals surface area contributed by atoms with Gasteiger partial charge in [-0.05, 0) is 13.8 Å². The van der Waals surface area contributed by atoms with Crippen molar-refractivity contribution >= 4 is 18.2 Å². The Bertz CT molecular complexity index is 187. The van der Waals surface area contributed by atoms with Gasteiger partial charge in [0.25, 0.3) is 0 Å². The van der Waals surface area contributed by atoms with Gasteiger partial charge in [-0.3, -0.25) is 4.79 Å². The van der Waals surface area contributed by atoms with Crippen molar-refractivity contribution in [1.29, 1.82) is 0 Å². The number of halogens is 1. The number of piperidine rings is 1. The Balaban J connectivity index is 0.00000121. The highest BCUT2D eigenvalue weighted by Gasteiger charge is 2.37. The van der Waals surface area contributed by atoms with E-state index in [0.717, 1.165) is 6.54 Å². The van der Waals surface area contributed by atoms with E-state index in [1.807, 2.05) is 13.8 Å². The lowest BCUT2D eigenvalue weighted by Crippen LogP contribution is -2.54. The van der Waals surface area contributed by atoms with Gasteiger partial charge in [-0.25, -0.2) is 0 Å². The lowest BCUT2D eigenvalue weighted by atomic mass is 9.77. The topological polar surface area (TPSA) is 29.1 Å². The van der Waals surface area contributed by atoms with E-state index in [2.05, 4.69) is 19.2 Å². The summed E-state index contributed by atoms with van der Waals surface area (Å²) >= 11 is 0. The second kappa shape index (κ2) is 3.35. The predicted molar refractivity (Wildman–Crippen MR) is 52.7 cm³/mol. The summed E-state index contributed by atoms with van der Waals surface area (Å²) in [6.45, 7) is 8.94. The zero-order chi connectivity index (χ0) is 8.70. The maximum absolute atomic E-state index is 11.5. The van der Waals surface area contributed by atoms with Crippen LogP contribution in [-0.4, -0.2) is 17.9 Å². The van der Waals surface area contributed by atoms with Gasteiger partial charge in [-0.1, -0.05) is 13.8 Å². The van der Waals surface area contributed by atoms with E-state index in [-0.39, 0.29) is 23.4 Å². The second-order valence-electron chi connectivity index (χ2n) is 4.72. The smallest absolute Gasteiger partial charge is 0.141 e. The second-order valence-corrected chi connectivity index (χ2v) is 4.72. The van der Waals surface area contributed by atoms with E-state index in [1.54, 1.807) is 0 Å². The van der Waals surface area contributed by atoms with Crippen molar-refractivity contribution < 1.29 is 4.79 Å². The molecule has 0 amide bonds. The van der Waals surface area contributed by atoms with Crippen LogP contribution in [0.4, 0.5) is 0 Å². The molecule has 1 aliphatic rings. The van der Waals surface area contributed by atoms with Crippen molar-refractivity contribution in [2.24, 2.45) is 5.41 Å². The number of rotatable bonds is 0. The Morgan fingerprint density at radius 2 is 1.75 bits per heavy atom. The molecule has 1 fully saturated rings. The third-order valence-electron chi connectivity index (χ3n) is 2.37. The average Bonchev–Trinajstić information content (AvgIpc) is 1.81. The lowest BCUT2D eigenvalue weighted by Gasteiger charge is -2.38. The molecule has 0 radical (unpaired) electrons. The monoisotopic (exact) mass is 191 g/mol. The average molecular weight is 192 g/mol. The van der Waals surface area contributed by atoms with Gasteiger partial charge in [0.1, 0.15) is 5.78 Å². The number of hydrogen-bond donors (Lipinski definition) is 1. The van der Waals surface area contributed by atoms with Gasteiger partial charge in [-0.15, -0.1) is 12.4 Å². The number of hydrogen-bond acceptors (Lipinski definition) is 2. The number of carbonyl (C=O) groups is 1. The van der Waals surface area contributed by atoms with E-state index >= 15 is 0 Å². The quantitative estimate of drug-likeness (QED) is 0.633. The standard InChI is InChI=1S/C9H17NO.ClH/c1-8(2)6-10-9(3,4)5-7(8)11;/h10H,5-6H2,1-4H3;1H. The van der Waals surface area contributed by atoms with Crippen LogP contribution in [0.15, 0.2) is 0 Å². The normalized spacial score (nSPS) is 26.2. The van der Waals surface area contributed by atoms with Gasteiger partial charge in [0.05, 0.1) is 0 Å². The molecule has 0 spiro atoms. The summed E-state index contributed by atoms with van der Waals surface area (Å²) in [4.78, 5) is 11.5. The van der Waals surface area contributed by atoms with Gasteiger partial charge < -0.3 is 5.32 Å². The van der Waals surface area contributed by atoms with Crippen LogP contribution in [0.3, 0.4) is 0 Å². The van der Waals surface area contributed by atoms with Crippen molar-refractivity contribution in [1.82, 2.24) is 5.32 Å². The van der Waals surface area contributed by atoms with Gasteiger partial charge in [-0.2, -0.15) is 0 Å². The summed E-state index contributed by atoms with van der Waals surface area (Å²) < 4.78 is 0. The molecule has 3 heteroatoms. The number of ketones is 1. The molecule has 0 atom stereocenters. The molecule has 2 nitrogen and oxygen atoms in total. The minimum absolute atomic E-state index is 0. The molecule has 12 heavy (non-hydrogen) atoms. The SMILES string of the molecule is CC1(C)CC(=O)C(C)(C)CN1.Cl. The molecule has 1 saturated heterocycles. The number of carbonyl (C=O) groups excluding carboxylic acids is 1. The van der Waals surface area contributed by atoms with Crippen LogP contribution in [0.5, 0.6) is 0 Å². The molecule has 1 heterocycles. The maximum Gasteiger partial charge on any atom is 0.141 e. The van der Waals surface area contributed by atoms with Gasteiger partial charge in [0.15, 0.2) is 0 Å². The Hall–Kier alpha value is -0.0800. The third-order valence-corrected chi connectivity index (χ3v) is 2.37. The fraction of sp³-hybridized carbons (Fsp3) is 0.889. The van der Waals surface area contributed by atoms with Crippen molar-refractivity contribution in [3.05, 3.63) is 0 Å². The first-order valence-corrected chi connectivity index (χ1v) is 4.12. The Labute approximate surface area is 80.5 Å². The van der Waals surface area contributed by atoms with Crippen LogP contribution in [0.2, 0.25) is 0 Å². The molecular formula is C9H18ClNO. The van der Waals surface area contributed by atoms with E-state index in [9.17, 15) is 4.79 Å². The maximum atomic E-state index is 11.5. The highest BCUT2D eigenvalue weighted by Crippen LogP contribution is 2.27. The summed E-state index contributed by atoms with van der Waals surface area (Å²) in [5, 5.41) is 3.36. The van der Waals surface area contributed by atoms with Crippen molar-refractivity contribution in [2.45, 2.75) is 39.7 Å². The van der Waals surface area contributed by atoms with E-state index in [1.165, 1.54) is 0 Å². The molecule has 0 aromatic rings. The van der Waals surface area contributed by atoms with E-state index < -0.39 is 0 Å². The molecule has 0 unspecified atom stereocenters. The van der Waals surface area contributed by atoms with Gasteiger partial charge >= 0.3 is 0 Å². The first-order valence-electron chi connectivity index (χ1n) is 4.12. The minimum atomic E-state index is -0.157. The highest BCUT2D eigenvalue weighted by atomic mass is 35.5. The first-order chi connectivity index (χ1) is 4.83. The van der Waals surface area contributed by atoms with Crippen LogP contribution < -0.4 is 5.32 Å². The van der Waals surface area contributed by atoms with Crippen LogP contribution >= 0.6 is 12.4 Å². The van der Waals surface area contributed by atoms with Gasteiger partial charge in [0.2, 0.25) is 0 Å². The Morgan fingerprint density at radius 1 is 1.25 bits per heavy atom. The van der Waals surface area contributed by atoms with E-state index in [0.29, 0.717) is 12.2 Å². The largest absolute Gasteiger partial charge is 0.310 e. The molecule has 0 aromatic heterocycles. The van der Waals surface area contributed by atoms with Crippen LogP contribution in [-0.2, 0) is 4.79 Å². The third kappa shape index (κ3) is 2.46. The summed E-state index contributed by atoms with van der Waals surface area (Å²) in [6.07, 6.45) is 0.653. The summed E-state index contributed by atoms with van der Waals surface area (Å²) in [7, 11) is 0. The molecule has 1 aliphatic heterocycles. The minimum Gasteiger partial charge on any atom is -0.310 e. The first kappa shape index (κ1) is 11.9. The van der Waals surface area contributed by atoms with Crippen molar-refractivity contribution in [3.63, 3.8) is 0 Å². The molecule has 0 saturated carbocycles. The van der Waals surface area contributed by atoms with Crippen LogP contribution in [0.25, 0.3) is 0 Å². The molecule has 0 aromatic carbocycles. The summed E-state index contributed by atoms with van der Waals surface area (Å²) in [5.74, 6) is 0.376. The molecule has 1 rings (SSSR count). The van der Waals surface area contributed by atoms with Crippen LogP contribution in [0.1, 0.15) is 34.1 Å². The van der Waals surface area contributed by atoms with Gasteiger partial charge in [0, 0.05) is 23.9 Å². The fourth-order valence-corrected chi connectivity index (χ4v) is 1.26. The zero-order valence-electron chi connectivity index (χ0n) is 8.23. The molecular weight excluding hydrogens is 174 g/mol. The van der Waals surface area contributed by atoms with Crippen molar-refractivity contribution in [2.75, 3.05) is 6.54 Å². The molecule has 0 bridgehead atoms. The number of Topliss-reactive ketones (excluding diaryl/α,β-unsaturated/α-hetero) is 1. The Kier molecular flexibility index (Phi) is 3.32. The fourth-order valence-electron chi connectivity index (χ4n) is 1.26. The Morgan fingerprint density at radius 3 is 2.08 bits per heavy atom. The number of nitrogens with one attached hydrogen (secondary N) is 1. The lowest BCUT2D eigenvalue weighted by molar-refractivity contribution is -0.130. The summed E-state index contributed by atoms with van der Waals surface area (Å²) in [5.41, 5.74) is -0.151. The molecule has 72 valence electrons. The van der Waals surface area contributed by atoms with Crippen LogP contribution in [0, 0.1) is 5.41 Å². The molecule has 1 N–H and O–H groups in total.